The average Bonchev–Trinajstić information content (AvgIpc) is 2.91. The number of aromatic nitrogens is 4. The van der Waals surface area contributed by atoms with Gasteiger partial charge in [-0.2, -0.15) is 10.4 Å². The van der Waals surface area contributed by atoms with Crippen LogP contribution in [0.3, 0.4) is 0 Å². The number of hydrogen-bond donors (Lipinski definition) is 1. The number of nitrogens with one attached hydrogen (secondary N) is 1. The van der Waals surface area contributed by atoms with Crippen molar-refractivity contribution in [2.75, 3.05) is 12.4 Å². The maximum Gasteiger partial charge on any atom is 0.168 e. The zero-order chi connectivity index (χ0) is 13.2. The van der Waals surface area contributed by atoms with Crippen LogP contribution in [0, 0.1) is 11.3 Å². The van der Waals surface area contributed by atoms with E-state index in [1.807, 2.05) is 12.1 Å². The molecule has 0 amide bonds. The van der Waals surface area contributed by atoms with Gasteiger partial charge in [0.05, 0.1) is 28.9 Å². The molecule has 2 aromatic heterocycles. The van der Waals surface area contributed by atoms with E-state index < -0.39 is 0 Å². The fourth-order valence-electron chi connectivity index (χ4n) is 1.91. The number of benzene rings is 1. The van der Waals surface area contributed by atoms with E-state index in [1.54, 1.807) is 30.1 Å². The van der Waals surface area contributed by atoms with Crippen molar-refractivity contribution < 1.29 is 0 Å². The van der Waals surface area contributed by atoms with Crippen molar-refractivity contribution >= 4 is 16.9 Å². The molecule has 0 unspecified atom stereocenters. The van der Waals surface area contributed by atoms with Gasteiger partial charge in [-0.25, -0.2) is 14.6 Å². The predicted octanol–water partition coefficient (Wildman–Crippen LogP) is 1.73. The van der Waals surface area contributed by atoms with Gasteiger partial charge >= 0.3 is 0 Å². The van der Waals surface area contributed by atoms with Gasteiger partial charge in [-0.05, 0) is 24.3 Å². The van der Waals surface area contributed by atoms with Crippen LogP contribution in [0.25, 0.3) is 16.7 Å². The molecule has 1 aromatic carbocycles. The van der Waals surface area contributed by atoms with Crippen molar-refractivity contribution in [2.45, 2.75) is 0 Å². The van der Waals surface area contributed by atoms with E-state index in [-0.39, 0.29) is 0 Å². The molecule has 92 valence electrons. The summed E-state index contributed by atoms with van der Waals surface area (Å²) in [6, 6.07) is 9.27. The second kappa shape index (κ2) is 4.38. The Morgan fingerprint density at radius 3 is 2.68 bits per heavy atom. The summed E-state index contributed by atoms with van der Waals surface area (Å²) in [5.41, 5.74) is 2.20. The van der Waals surface area contributed by atoms with Gasteiger partial charge in [-0.15, -0.1) is 0 Å². The van der Waals surface area contributed by atoms with E-state index in [0.29, 0.717) is 5.56 Å². The summed E-state index contributed by atoms with van der Waals surface area (Å²) in [5, 5.41) is 17.0. The van der Waals surface area contributed by atoms with Gasteiger partial charge in [0.25, 0.3) is 0 Å². The Bertz CT molecular complexity index is 766. The van der Waals surface area contributed by atoms with E-state index in [0.717, 1.165) is 22.5 Å². The molecule has 0 aliphatic rings. The number of rotatable bonds is 2. The molecule has 0 saturated carbocycles. The van der Waals surface area contributed by atoms with Crippen molar-refractivity contribution in [1.82, 2.24) is 19.7 Å². The van der Waals surface area contributed by atoms with Crippen LogP contribution in [0.1, 0.15) is 5.56 Å². The Morgan fingerprint density at radius 1 is 1.21 bits per heavy atom. The first-order valence-electron chi connectivity index (χ1n) is 5.70. The van der Waals surface area contributed by atoms with Gasteiger partial charge in [0.2, 0.25) is 0 Å². The molecule has 0 bridgehead atoms. The number of anilines is 1. The second-order valence-corrected chi connectivity index (χ2v) is 3.92. The highest BCUT2D eigenvalue weighted by molar-refractivity contribution is 5.86. The molecule has 3 rings (SSSR count). The first kappa shape index (κ1) is 11.2. The molecule has 3 aromatic rings. The maximum absolute atomic E-state index is 8.80. The van der Waals surface area contributed by atoms with Gasteiger partial charge in [-0.1, -0.05) is 0 Å². The highest BCUT2D eigenvalue weighted by atomic mass is 15.3. The Morgan fingerprint density at radius 2 is 2.00 bits per heavy atom. The van der Waals surface area contributed by atoms with Crippen molar-refractivity contribution in [3.05, 3.63) is 42.4 Å². The molecule has 6 heteroatoms. The number of nitrogens with zero attached hydrogens (tertiary/aromatic N) is 5. The molecule has 0 spiro atoms. The zero-order valence-electron chi connectivity index (χ0n) is 10.2. The van der Waals surface area contributed by atoms with Crippen LogP contribution in [0.15, 0.2) is 36.8 Å². The van der Waals surface area contributed by atoms with E-state index in [9.17, 15) is 0 Å². The average molecular weight is 250 g/mol. The lowest BCUT2D eigenvalue weighted by atomic mass is 10.2. The largest absolute Gasteiger partial charge is 0.372 e. The van der Waals surface area contributed by atoms with Crippen LogP contribution in [-0.2, 0) is 0 Å². The third-order valence-corrected chi connectivity index (χ3v) is 2.84. The summed E-state index contributed by atoms with van der Waals surface area (Å²) >= 11 is 0. The fourth-order valence-corrected chi connectivity index (χ4v) is 1.91. The Balaban J connectivity index is 2.17. The summed E-state index contributed by atoms with van der Waals surface area (Å²) in [4.78, 5) is 8.39. The van der Waals surface area contributed by atoms with E-state index in [4.69, 9.17) is 5.26 Å². The van der Waals surface area contributed by atoms with E-state index >= 15 is 0 Å². The molecule has 2 heterocycles. The van der Waals surface area contributed by atoms with Crippen LogP contribution in [0.2, 0.25) is 0 Å². The van der Waals surface area contributed by atoms with E-state index in [2.05, 4.69) is 26.5 Å². The van der Waals surface area contributed by atoms with Crippen molar-refractivity contribution in [3.63, 3.8) is 0 Å². The Hall–Kier alpha value is -2.94. The van der Waals surface area contributed by atoms with Gasteiger partial charge < -0.3 is 5.32 Å². The smallest absolute Gasteiger partial charge is 0.168 e. The van der Waals surface area contributed by atoms with Crippen molar-refractivity contribution in [1.29, 1.82) is 5.26 Å². The number of fused-ring (bicyclic) bond motifs is 1. The van der Waals surface area contributed by atoms with Crippen LogP contribution >= 0.6 is 0 Å². The SMILES string of the molecule is CNc1ncnc2c1cnn2-c1ccc(C#N)cc1. The number of nitriles is 1. The summed E-state index contributed by atoms with van der Waals surface area (Å²) in [6.45, 7) is 0. The minimum Gasteiger partial charge on any atom is -0.372 e. The topological polar surface area (TPSA) is 79.4 Å². The fraction of sp³-hybridized carbons (Fsp3) is 0.0769. The second-order valence-electron chi connectivity index (χ2n) is 3.92. The third-order valence-electron chi connectivity index (χ3n) is 2.84. The molecule has 0 aliphatic carbocycles. The summed E-state index contributed by atoms with van der Waals surface area (Å²) < 4.78 is 1.72. The first-order chi connectivity index (χ1) is 9.33. The van der Waals surface area contributed by atoms with Gasteiger partial charge in [-0.3, -0.25) is 0 Å². The Kier molecular flexibility index (Phi) is 2.58. The molecule has 0 saturated heterocycles. The van der Waals surface area contributed by atoms with Crippen LogP contribution in [-0.4, -0.2) is 26.8 Å². The lowest BCUT2D eigenvalue weighted by molar-refractivity contribution is 0.895. The minimum absolute atomic E-state index is 0.616. The molecule has 0 aliphatic heterocycles. The molecule has 0 radical (unpaired) electrons. The van der Waals surface area contributed by atoms with Crippen LogP contribution in [0.5, 0.6) is 0 Å². The minimum atomic E-state index is 0.616. The van der Waals surface area contributed by atoms with E-state index in [1.165, 1.54) is 6.33 Å². The summed E-state index contributed by atoms with van der Waals surface area (Å²) in [7, 11) is 1.81. The monoisotopic (exact) mass is 250 g/mol. The standard InChI is InChI=1S/C13H10N6/c1-15-12-11-7-18-19(13(11)17-8-16-12)10-4-2-9(6-14)3-5-10/h2-5,7-8H,1H3,(H,15,16,17). The summed E-state index contributed by atoms with van der Waals surface area (Å²) in [5.74, 6) is 0.741. The molecule has 19 heavy (non-hydrogen) atoms. The molecule has 0 fully saturated rings. The molecule has 6 nitrogen and oxygen atoms in total. The normalized spacial score (nSPS) is 10.3. The maximum atomic E-state index is 8.80. The van der Waals surface area contributed by atoms with Gasteiger partial charge in [0.1, 0.15) is 12.1 Å². The lowest BCUT2D eigenvalue weighted by Crippen LogP contribution is -1.99. The lowest BCUT2D eigenvalue weighted by Gasteiger charge is -2.03. The van der Waals surface area contributed by atoms with Crippen LogP contribution < -0.4 is 5.32 Å². The zero-order valence-corrected chi connectivity index (χ0v) is 10.2. The first-order valence-corrected chi connectivity index (χ1v) is 5.70. The van der Waals surface area contributed by atoms with Crippen molar-refractivity contribution in [2.24, 2.45) is 0 Å². The number of hydrogen-bond acceptors (Lipinski definition) is 5. The highest BCUT2D eigenvalue weighted by Crippen LogP contribution is 2.21. The third kappa shape index (κ3) is 1.77. The van der Waals surface area contributed by atoms with Crippen molar-refractivity contribution in [3.8, 4) is 11.8 Å². The summed E-state index contributed by atoms with van der Waals surface area (Å²) in [6.07, 6.45) is 3.22. The highest BCUT2D eigenvalue weighted by Gasteiger charge is 2.09. The van der Waals surface area contributed by atoms with Gasteiger partial charge in [0, 0.05) is 7.05 Å². The molecular weight excluding hydrogens is 240 g/mol. The molecule has 0 atom stereocenters. The van der Waals surface area contributed by atoms with Crippen LogP contribution in [0.4, 0.5) is 5.82 Å². The quantitative estimate of drug-likeness (QED) is 0.749. The Labute approximate surface area is 109 Å². The van der Waals surface area contributed by atoms with Gasteiger partial charge in [0.15, 0.2) is 5.65 Å². The predicted molar refractivity (Wildman–Crippen MR) is 70.9 cm³/mol. The molecule has 1 N–H and O–H groups in total. The molecular formula is C13H10N6.